The molecule has 0 amide bonds. The highest BCUT2D eigenvalue weighted by molar-refractivity contribution is 5.71. The summed E-state index contributed by atoms with van der Waals surface area (Å²) in [5, 5.41) is 0. The molecule has 0 aliphatic rings. The highest BCUT2D eigenvalue weighted by Crippen LogP contribution is 2.13. The molecular weight excluding hydrogens is 588 g/mol. The van der Waals surface area contributed by atoms with E-state index in [0.717, 1.165) is 64.2 Å². The number of allylic oxidation sites excluding steroid dienone is 2. The van der Waals surface area contributed by atoms with Crippen molar-refractivity contribution in [1.29, 1.82) is 0 Å². The fourth-order valence-electron chi connectivity index (χ4n) is 5.67. The highest BCUT2D eigenvalue weighted by atomic mass is 16.6. The lowest BCUT2D eigenvalue weighted by Crippen LogP contribution is -2.30. The van der Waals surface area contributed by atoms with Crippen LogP contribution in [0.25, 0.3) is 0 Å². The van der Waals surface area contributed by atoms with Crippen LogP contribution in [0, 0.1) is 0 Å². The maximum Gasteiger partial charge on any atom is 0.306 e. The quantitative estimate of drug-likeness (QED) is 0.0287. The van der Waals surface area contributed by atoms with Gasteiger partial charge in [-0.2, -0.15) is 0 Å². The van der Waals surface area contributed by atoms with Gasteiger partial charge in [0, 0.05) is 19.3 Å². The molecule has 0 N–H and O–H groups in total. The topological polar surface area (TPSA) is 78.9 Å². The molecule has 0 rings (SSSR count). The zero-order chi connectivity index (χ0) is 34.5. The first-order valence-corrected chi connectivity index (χ1v) is 20.2. The second-order valence-electron chi connectivity index (χ2n) is 13.6. The molecule has 6 nitrogen and oxygen atoms in total. The number of rotatable bonds is 36. The largest absolute Gasteiger partial charge is 0.462 e. The summed E-state index contributed by atoms with van der Waals surface area (Å²) >= 11 is 0. The summed E-state index contributed by atoms with van der Waals surface area (Å²) < 4.78 is 16.5. The van der Waals surface area contributed by atoms with Gasteiger partial charge < -0.3 is 14.2 Å². The molecule has 0 fully saturated rings. The Morgan fingerprint density at radius 2 is 0.702 bits per heavy atom. The summed E-state index contributed by atoms with van der Waals surface area (Å²) in [5.41, 5.74) is 0. The van der Waals surface area contributed by atoms with Gasteiger partial charge in [0.05, 0.1) is 0 Å². The Balaban J connectivity index is 4.24. The smallest absolute Gasteiger partial charge is 0.306 e. The lowest BCUT2D eigenvalue weighted by molar-refractivity contribution is -0.167. The van der Waals surface area contributed by atoms with Crippen LogP contribution in [-0.2, 0) is 28.6 Å². The number of ether oxygens (including phenoxy) is 3. The number of esters is 3. The standard InChI is InChI=1S/C41H76O6/c1-4-7-10-13-16-17-18-19-20-21-22-23-26-28-31-34-40(43)46-37-38(47-41(44)35-32-29-25-15-12-9-6-3)36-45-39(42)33-30-27-24-14-11-8-5-2/h19-20,38H,4-18,21-37H2,1-3H3/b20-19-. The van der Waals surface area contributed by atoms with Gasteiger partial charge >= 0.3 is 17.9 Å². The predicted octanol–water partition coefficient (Wildman–Crippen LogP) is 12.3. The molecule has 0 radical (unpaired) electrons. The van der Waals surface area contributed by atoms with E-state index >= 15 is 0 Å². The first kappa shape index (κ1) is 45.2. The second kappa shape index (κ2) is 37.0. The van der Waals surface area contributed by atoms with Gasteiger partial charge in [0.1, 0.15) is 13.2 Å². The molecule has 0 aliphatic carbocycles. The molecule has 0 aromatic heterocycles. The summed E-state index contributed by atoms with van der Waals surface area (Å²) in [6.07, 6.45) is 36.4. The van der Waals surface area contributed by atoms with E-state index in [4.69, 9.17) is 14.2 Å². The Hall–Kier alpha value is -1.85. The lowest BCUT2D eigenvalue weighted by atomic mass is 10.1. The van der Waals surface area contributed by atoms with Crippen molar-refractivity contribution in [2.75, 3.05) is 13.2 Å². The van der Waals surface area contributed by atoms with Crippen molar-refractivity contribution in [3.63, 3.8) is 0 Å². The molecule has 1 atom stereocenters. The summed E-state index contributed by atoms with van der Waals surface area (Å²) in [4.78, 5) is 37.3. The first-order chi connectivity index (χ1) is 23.0. The van der Waals surface area contributed by atoms with Crippen LogP contribution >= 0.6 is 0 Å². The van der Waals surface area contributed by atoms with E-state index in [0.29, 0.717) is 19.3 Å². The normalized spacial score (nSPS) is 12.0. The lowest BCUT2D eigenvalue weighted by Gasteiger charge is -2.18. The fourth-order valence-corrected chi connectivity index (χ4v) is 5.67. The molecule has 0 heterocycles. The molecule has 0 spiro atoms. The van der Waals surface area contributed by atoms with Crippen LogP contribution in [0.1, 0.15) is 213 Å². The Labute approximate surface area is 290 Å². The molecule has 0 aromatic carbocycles. The van der Waals surface area contributed by atoms with Crippen molar-refractivity contribution in [2.45, 2.75) is 219 Å². The molecule has 0 aromatic rings. The van der Waals surface area contributed by atoms with Crippen molar-refractivity contribution in [1.82, 2.24) is 0 Å². The van der Waals surface area contributed by atoms with Gasteiger partial charge in [-0.15, -0.1) is 0 Å². The minimum absolute atomic E-state index is 0.0707. The van der Waals surface area contributed by atoms with Crippen LogP contribution in [-0.4, -0.2) is 37.2 Å². The van der Waals surface area contributed by atoms with Crippen molar-refractivity contribution >= 4 is 17.9 Å². The van der Waals surface area contributed by atoms with Crippen LogP contribution in [0.3, 0.4) is 0 Å². The van der Waals surface area contributed by atoms with E-state index in [1.807, 2.05) is 0 Å². The molecule has 0 aliphatic heterocycles. The summed E-state index contributed by atoms with van der Waals surface area (Å²) in [6, 6.07) is 0. The third-order valence-corrected chi connectivity index (χ3v) is 8.77. The van der Waals surface area contributed by atoms with Gasteiger partial charge in [0.25, 0.3) is 0 Å². The zero-order valence-electron chi connectivity index (χ0n) is 31.3. The third kappa shape index (κ3) is 35.3. The zero-order valence-corrected chi connectivity index (χ0v) is 31.3. The third-order valence-electron chi connectivity index (χ3n) is 8.77. The number of hydrogen-bond acceptors (Lipinski definition) is 6. The van der Waals surface area contributed by atoms with E-state index in [1.54, 1.807) is 0 Å². The van der Waals surface area contributed by atoms with Gasteiger partial charge in [0.2, 0.25) is 0 Å². The van der Waals surface area contributed by atoms with Gasteiger partial charge in [-0.25, -0.2) is 0 Å². The Kier molecular flexibility index (Phi) is 35.5. The van der Waals surface area contributed by atoms with Crippen molar-refractivity contribution < 1.29 is 28.6 Å². The molecular formula is C41H76O6. The van der Waals surface area contributed by atoms with E-state index in [2.05, 4.69) is 32.9 Å². The van der Waals surface area contributed by atoms with Gasteiger partial charge in [0.15, 0.2) is 6.10 Å². The molecule has 1 unspecified atom stereocenters. The van der Waals surface area contributed by atoms with Crippen LogP contribution in [0.2, 0.25) is 0 Å². The molecule has 276 valence electrons. The molecule has 0 saturated heterocycles. The van der Waals surface area contributed by atoms with Crippen molar-refractivity contribution in [2.24, 2.45) is 0 Å². The molecule has 6 heteroatoms. The first-order valence-electron chi connectivity index (χ1n) is 20.2. The Bertz CT molecular complexity index is 733. The Morgan fingerprint density at radius 1 is 0.404 bits per heavy atom. The Morgan fingerprint density at radius 3 is 1.06 bits per heavy atom. The highest BCUT2D eigenvalue weighted by Gasteiger charge is 2.19. The van der Waals surface area contributed by atoms with Gasteiger partial charge in [-0.05, 0) is 44.9 Å². The van der Waals surface area contributed by atoms with Crippen LogP contribution in [0.5, 0.6) is 0 Å². The minimum Gasteiger partial charge on any atom is -0.462 e. The molecule has 47 heavy (non-hydrogen) atoms. The van der Waals surface area contributed by atoms with Crippen LogP contribution in [0.4, 0.5) is 0 Å². The fraction of sp³-hybridized carbons (Fsp3) is 0.878. The summed E-state index contributed by atoms with van der Waals surface area (Å²) in [7, 11) is 0. The maximum atomic E-state index is 12.5. The number of unbranched alkanes of at least 4 members (excludes halogenated alkanes) is 23. The molecule has 0 bridgehead atoms. The summed E-state index contributed by atoms with van der Waals surface area (Å²) in [5.74, 6) is -0.892. The van der Waals surface area contributed by atoms with Crippen molar-refractivity contribution in [3.8, 4) is 0 Å². The molecule has 0 saturated carbocycles. The maximum absolute atomic E-state index is 12.5. The predicted molar refractivity (Wildman–Crippen MR) is 196 cm³/mol. The van der Waals surface area contributed by atoms with Gasteiger partial charge in [-0.1, -0.05) is 161 Å². The van der Waals surface area contributed by atoms with Crippen LogP contribution < -0.4 is 0 Å². The number of hydrogen-bond donors (Lipinski definition) is 0. The van der Waals surface area contributed by atoms with E-state index < -0.39 is 6.10 Å². The minimum atomic E-state index is -0.761. The number of carbonyl (C=O) groups excluding carboxylic acids is 3. The SMILES string of the molecule is CCCCCCCC/C=C\CCCCCCCC(=O)OCC(COC(=O)CCCCCCCCC)OC(=O)CCCCCCCCC. The van der Waals surface area contributed by atoms with E-state index in [1.165, 1.54) is 109 Å². The monoisotopic (exact) mass is 665 g/mol. The summed E-state index contributed by atoms with van der Waals surface area (Å²) in [6.45, 7) is 6.53. The van der Waals surface area contributed by atoms with E-state index in [-0.39, 0.29) is 31.1 Å². The number of carbonyl (C=O) groups is 3. The van der Waals surface area contributed by atoms with Crippen LogP contribution in [0.15, 0.2) is 12.2 Å². The van der Waals surface area contributed by atoms with Gasteiger partial charge in [-0.3, -0.25) is 14.4 Å². The average Bonchev–Trinajstić information content (AvgIpc) is 3.06. The van der Waals surface area contributed by atoms with Crippen molar-refractivity contribution in [3.05, 3.63) is 12.2 Å². The average molecular weight is 665 g/mol. The van der Waals surface area contributed by atoms with E-state index in [9.17, 15) is 14.4 Å². The second-order valence-corrected chi connectivity index (χ2v) is 13.6.